The van der Waals surface area contributed by atoms with Crippen molar-refractivity contribution >= 4 is 22.2 Å². The van der Waals surface area contributed by atoms with Crippen LogP contribution in [0.25, 0.3) is 0 Å². The van der Waals surface area contributed by atoms with Crippen LogP contribution in [-0.4, -0.2) is 17.4 Å². The molecule has 2 aromatic carbocycles. The fourth-order valence-corrected chi connectivity index (χ4v) is 5.80. The van der Waals surface area contributed by atoms with E-state index in [1.54, 1.807) is 11.3 Å². The van der Waals surface area contributed by atoms with Gasteiger partial charge in [-0.1, -0.05) is 75.4 Å². The van der Waals surface area contributed by atoms with Crippen LogP contribution in [0, 0.1) is 0 Å². The van der Waals surface area contributed by atoms with Crippen molar-refractivity contribution in [1.82, 2.24) is 10.2 Å². The van der Waals surface area contributed by atoms with Crippen LogP contribution in [0.5, 0.6) is 0 Å². The van der Waals surface area contributed by atoms with Crippen LogP contribution in [-0.2, 0) is 24.9 Å². The average Bonchev–Trinajstić information content (AvgIpc) is 3.12. The molecule has 4 nitrogen and oxygen atoms in total. The Kier molecular flexibility index (Phi) is 5.11. The van der Waals surface area contributed by atoms with Gasteiger partial charge in [0.05, 0.1) is 5.56 Å². The topological polar surface area (TPSA) is 44.4 Å². The van der Waals surface area contributed by atoms with Crippen LogP contribution in [0.3, 0.4) is 0 Å². The number of nitrogens with one attached hydrogen (secondary N) is 2. The second kappa shape index (κ2) is 7.81. The molecular weight excluding hydrogens is 402 g/mol. The van der Waals surface area contributed by atoms with E-state index >= 15 is 0 Å². The highest BCUT2D eigenvalue weighted by Gasteiger charge is 2.33. The highest BCUT2D eigenvalue weighted by Crippen LogP contribution is 2.41. The third-order valence-corrected chi connectivity index (χ3v) is 7.42. The number of rotatable bonds is 3. The molecular formula is C26H29N3OS. The first-order valence-electron chi connectivity index (χ1n) is 11.0. The monoisotopic (exact) mass is 431 g/mol. The molecule has 2 aliphatic heterocycles. The average molecular weight is 432 g/mol. The predicted molar refractivity (Wildman–Crippen MR) is 128 cm³/mol. The number of hydrogen-bond acceptors (Lipinski definition) is 4. The molecule has 1 unspecified atom stereocenters. The van der Waals surface area contributed by atoms with Crippen molar-refractivity contribution in [1.29, 1.82) is 0 Å². The lowest BCUT2D eigenvalue weighted by atomic mass is 9.86. The van der Waals surface area contributed by atoms with Crippen molar-refractivity contribution in [2.75, 3.05) is 11.9 Å². The number of hydrogen-bond donors (Lipinski definition) is 2. The number of carbonyl (C=O) groups is 1. The van der Waals surface area contributed by atoms with Crippen molar-refractivity contribution in [3.63, 3.8) is 0 Å². The van der Waals surface area contributed by atoms with E-state index in [1.807, 2.05) is 0 Å². The van der Waals surface area contributed by atoms with Gasteiger partial charge in [-0.2, -0.15) is 0 Å². The molecule has 1 atom stereocenters. The van der Waals surface area contributed by atoms with Gasteiger partial charge in [0.15, 0.2) is 0 Å². The van der Waals surface area contributed by atoms with Crippen LogP contribution < -0.4 is 10.6 Å². The van der Waals surface area contributed by atoms with Gasteiger partial charge in [0.1, 0.15) is 11.2 Å². The molecule has 5 rings (SSSR count). The van der Waals surface area contributed by atoms with Gasteiger partial charge in [-0.05, 0) is 34.1 Å². The molecule has 0 saturated carbocycles. The SMILES string of the molecule is CC(C)(C)c1ccc(C2NC(=O)c3c(sc4c3CCN(Cc3ccccc3)C4)N2)cc1. The number of fused-ring (bicyclic) bond motifs is 3. The lowest BCUT2D eigenvalue weighted by molar-refractivity contribution is 0.0934. The first-order valence-corrected chi connectivity index (χ1v) is 11.8. The maximum atomic E-state index is 13.0. The molecule has 3 aromatic rings. The summed E-state index contributed by atoms with van der Waals surface area (Å²) in [6.07, 6.45) is 0.739. The number of benzene rings is 2. The number of anilines is 1. The Morgan fingerprint density at radius 1 is 1.03 bits per heavy atom. The van der Waals surface area contributed by atoms with Gasteiger partial charge in [-0.15, -0.1) is 11.3 Å². The molecule has 0 bridgehead atoms. The molecule has 0 radical (unpaired) electrons. The first kappa shape index (κ1) is 20.3. The maximum Gasteiger partial charge on any atom is 0.256 e. The number of thiophene rings is 1. The van der Waals surface area contributed by atoms with Crippen LogP contribution in [0.15, 0.2) is 54.6 Å². The van der Waals surface area contributed by atoms with Crippen LogP contribution in [0.1, 0.15) is 64.4 Å². The smallest absolute Gasteiger partial charge is 0.256 e. The number of amides is 1. The van der Waals surface area contributed by atoms with E-state index in [4.69, 9.17) is 0 Å². The van der Waals surface area contributed by atoms with Crippen molar-refractivity contribution < 1.29 is 4.79 Å². The van der Waals surface area contributed by atoms with Gasteiger partial charge in [0.25, 0.3) is 5.91 Å². The summed E-state index contributed by atoms with van der Waals surface area (Å²) < 4.78 is 0. The fraction of sp³-hybridized carbons (Fsp3) is 0.346. The minimum Gasteiger partial charge on any atom is -0.353 e. The van der Waals surface area contributed by atoms with Crippen molar-refractivity contribution in [2.45, 2.75) is 51.9 Å². The minimum absolute atomic E-state index is 0.0488. The standard InChI is InChI=1S/C26H29N3OS/c1-26(2,3)19-11-9-18(10-12-19)23-27-24(30)22-20-13-14-29(15-17-7-5-4-6-8-17)16-21(20)31-25(22)28-23/h4-12,23,28H,13-16H2,1-3H3,(H,27,30). The molecule has 0 spiro atoms. The van der Waals surface area contributed by atoms with E-state index in [2.05, 4.69) is 90.9 Å². The van der Waals surface area contributed by atoms with Gasteiger partial charge < -0.3 is 10.6 Å². The van der Waals surface area contributed by atoms with Gasteiger partial charge in [0, 0.05) is 24.5 Å². The molecule has 0 aliphatic carbocycles. The summed E-state index contributed by atoms with van der Waals surface area (Å²) in [5.74, 6) is 0.0488. The summed E-state index contributed by atoms with van der Waals surface area (Å²) >= 11 is 1.75. The molecule has 0 saturated heterocycles. The lowest BCUT2D eigenvalue weighted by Gasteiger charge is -2.29. The van der Waals surface area contributed by atoms with Gasteiger partial charge in [-0.25, -0.2) is 0 Å². The van der Waals surface area contributed by atoms with E-state index in [0.29, 0.717) is 0 Å². The summed E-state index contributed by atoms with van der Waals surface area (Å²) in [5.41, 5.74) is 5.93. The lowest BCUT2D eigenvalue weighted by Crippen LogP contribution is -2.38. The van der Waals surface area contributed by atoms with Gasteiger partial charge in [-0.3, -0.25) is 9.69 Å². The first-order chi connectivity index (χ1) is 14.9. The summed E-state index contributed by atoms with van der Waals surface area (Å²) in [6.45, 7) is 9.48. The molecule has 2 aliphatic rings. The molecule has 0 fully saturated rings. The highest BCUT2D eigenvalue weighted by atomic mass is 32.1. The number of nitrogens with zero attached hydrogens (tertiary/aromatic N) is 1. The Morgan fingerprint density at radius 2 is 1.77 bits per heavy atom. The molecule has 1 aromatic heterocycles. The second-order valence-corrected chi connectivity index (χ2v) is 10.7. The fourth-order valence-electron chi connectivity index (χ4n) is 4.49. The molecule has 3 heterocycles. The van der Waals surface area contributed by atoms with Crippen LogP contribution in [0.2, 0.25) is 0 Å². The summed E-state index contributed by atoms with van der Waals surface area (Å²) in [5, 5.41) is 7.78. The molecule has 31 heavy (non-hydrogen) atoms. The Bertz CT molecular complexity index is 1100. The zero-order valence-corrected chi connectivity index (χ0v) is 19.2. The zero-order chi connectivity index (χ0) is 21.6. The van der Waals surface area contributed by atoms with Crippen molar-refractivity contribution in [3.8, 4) is 0 Å². The van der Waals surface area contributed by atoms with Gasteiger partial charge >= 0.3 is 0 Å². The normalized spacial score (nSPS) is 18.7. The Hall–Kier alpha value is -2.63. The molecule has 5 heteroatoms. The summed E-state index contributed by atoms with van der Waals surface area (Å²) in [7, 11) is 0. The highest BCUT2D eigenvalue weighted by molar-refractivity contribution is 7.16. The minimum atomic E-state index is -0.186. The summed E-state index contributed by atoms with van der Waals surface area (Å²) in [6, 6.07) is 19.2. The van der Waals surface area contributed by atoms with E-state index in [0.717, 1.165) is 42.2 Å². The second-order valence-electron chi connectivity index (χ2n) is 9.58. The van der Waals surface area contributed by atoms with Crippen LogP contribution >= 0.6 is 11.3 Å². The van der Waals surface area contributed by atoms with Gasteiger partial charge in [0.2, 0.25) is 0 Å². The van der Waals surface area contributed by atoms with E-state index in [1.165, 1.54) is 21.6 Å². The largest absolute Gasteiger partial charge is 0.353 e. The zero-order valence-electron chi connectivity index (χ0n) is 18.4. The number of carbonyl (C=O) groups excluding carboxylic acids is 1. The van der Waals surface area contributed by atoms with Crippen molar-refractivity contribution in [2.24, 2.45) is 0 Å². The molecule has 1 amide bonds. The van der Waals surface area contributed by atoms with E-state index in [-0.39, 0.29) is 17.5 Å². The van der Waals surface area contributed by atoms with E-state index in [9.17, 15) is 4.79 Å². The molecule has 2 N–H and O–H groups in total. The Morgan fingerprint density at radius 3 is 2.48 bits per heavy atom. The Labute approximate surface area is 188 Å². The Balaban J connectivity index is 1.35. The quantitative estimate of drug-likeness (QED) is 0.579. The summed E-state index contributed by atoms with van der Waals surface area (Å²) in [4.78, 5) is 16.8. The molecule has 160 valence electrons. The van der Waals surface area contributed by atoms with Crippen molar-refractivity contribution in [3.05, 3.63) is 87.3 Å². The third-order valence-electron chi connectivity index (χ3n) is 6.27. The maximum absolute atomic E-state index is 13.0. The van der Waals surface area contributed by atoms with E-state index < -0.39 is 0 Å². The van der Waals surface area contributed by atoms with Crippen LogP contribution in [0.4, 0.5) is 5.00 Å². The predicted octanol–water partition coefficient (Wildman–Crippen LogP) is 5.46. The third kappa shape index (κ3) is 4.00.